The summed E-state index contributed by atoms with van der Waals surface area (Å²) >= 11 is 0. The predicted octanol–water partition coefficient (Wildman–Crippen LogP) is 15.0. The molecule has 1 heterocycles. The number of benzene rings is 9. The second-order valence-electron chi connectivity index (χ2n) is 15.4. The fraction of sp³-hybridized carbons (Fsp3) is 0.0566. The average Bonchev–Trinajstić information content (AvgIpc) is 3.72. The van der Waals surface area contributed by atoms with Gasteiger partial charge in [0.1, 0.15) is 11.2 Å². The fourth-order valence-electron chi connectivity index (χ4n) is 8.92. The van der Waals surface area contributed by atoms with Crippen LogP contribution in [0.2, 0.25) is 0 Å². The molecule has 0 saturated heterocycles. The Morgan fingerprint density at radius 1 is 0.364 bits per heavy atom. The molecule has 0 fully saturated rings. The zero-order valence-electron chi connectivity index (χ0n) is 30.8. The molecule has 0 N–H and O–H groups in total. The zero-order valence-corrected chi connectivity index (χ0v) is 30.8. The Labute approximate surface area is 320 Å². The van der Waals surface area contributed by atoms with E-state index in [9.17, 15) is 0 Å². The summed E-state index contributed by atoms with van der Waals surface area (Å²) in [5.74, 6) is 0. The van der Waals surface area contributed by atoms with Crippen molar-refractivity contribution in [3.05, 3.63) is 199 Å². The Hall–Kier alpha value is -6.90. The van der Waals surface area contributed by atoms with Gasteiger partial charge in [0.2, 0.25) is 0 Å². The molecule has 2 nitrogen and oxygen atoms in total. The Morgan fingerprint density at radius 3 is 1.75 bits per heavy atom. The molecule has 55 heavy (non-hydrogen) atoms. The molecule has 1 aliphatic carbocycles. The van der Waals surface area contributed by atoms with E-state index in [1.807, 2.05) is 12.1 Å². The topological polar surface area (TPSA) is 16.4 Å². The second kappa shape index (κ2) is 12.1. The maximum Gasteiger partial charge on any atom is 0.135 e. The smallest absolute Gasteiger partial charge is 0.135 e. The minimum absolute atomic E-state index is 0.112. The predicted molar refractivity (Wildman–Crippen MR) is 232 cm³/mol. The number of furan rings is 1. The quantitative estimate of drug-likeness (QED) is 0.177. The Morgan fingerprint density at radius 2 is 0.927 bits per heavy atom. The van der Waals surface area contributed by atoms with E-state index < -0.39 is 0 Å². The van der Waals surface area contributed by atoms with Crippen molar-refractivity contribution in [2.45, 2.75) is 19.3 Å². The average molecular weight is 704 g/mol. The number of para-hydroxylation sites is 1. The van der Waals surface area contributed by atoms with Crippen molar-refractivity contribution in [1.82, 2.24) is 0 Å². The van der Waals surface area contributed by atoms with E-state index in [-0.39, 0.29) is 5.41 Å². The first-order valence-electron chi connectivity index (χ1n) is 19.1. The first kappa shape index (κ1) is 31.6. The number of nitrogens with zero attached hydrogens (tertiary/aromatic N) is 1. The molecule has 11 rings (SSSR count). The van der Waals surface area contributed by atoms with Crippen molar-refractivity contribution < 1.29 is 4.42 Å². The molecular weight excluding hydrogens is 667 g/mol. The highest BCUT2D eigenvalue weighted by Gasteiger charge is 2.35. The highest BCUT2D eigenvalue weighted by Crippen LogP contribution is 2.51. The summed E-state index contributed by atoms with van der Waals surface area (Å²) < 4.78 is 6.27. The highest BCUT2D eigenvalue weighted by atomic mass is 16.3. The van der Waals surface area contributed by atoms with Crippen molar-refractivity contribution in [2.75, 3.05) is 4.90 Å². The van der Waals surface area contributed by atoms with Crippen LogP contribution < -0.4 is 4.90 Å². The third kappa shape index (κ3) is 5.10. The second-order valence-corrected chi connectivity index (χ2v) is 15.4. The third-order valence-corrected chi connectivity index (χ3v) is 11.8. The van der Waals surface area contributed by atoms with Crippen LogP contribution in [0.1, 0.15) is 25.0 Å². The molecule has 0 unspecified atom stereocenters. The molecule has 0 radical (unpaired) electrons. The van der Waals surface area contributed by atoms with Crippen LogP contribution >= 0.6 is 0 Å². The van der Waals surface area contributed by atoms with Gasteiger partial charge < -0.3 is 9.32 Å². The summed E-state index contributed by atoms with van der Waals surface area (Å²) in [5.41, 5.74) is 15.3. The van der Waals surface area contributed by atoms with Gasteiger partial charge in [-0.15, -0.1) is 0 Å². The van der Waals surface area contributed by atoms with E-state index in [1.54, 1.807) is 0 Å². The van der Waals surface area contributed by atoms with Crippen LogP contribution in [0.25, 0.3) is 76.9 Å². The number of rotatable bonds is 5. The van der Waals surface area contributed by atoms with Crippen molar-refractivity contribution in [2.24, 2.45) is 0 Å². The lowest BCUT2D eigenvalue weighted by molar-refractivity contribution is 0.660. The monoisotopic (exact) mass is 703 g/mol. The SMILES string of the molecule is CC1(C)c2ccccc2-c2ccc(N(c3ccc4ccc(-c5ccc6cc(-c7ccccc7)ccc6c5)cc4c3)c3ccc4oc5ccccc5c4c3)cc21. The largest absolute Gasteiger partial charge is 0.456 e. The first-order valence-corrected chi connectivity index (χ1v) is 19.1. The first-order chi connectivity index (χ1) is 27.0. The highest BCUT2D eigenvalue weighted by molar-refractivity contribution is 6.07. The van der Waals surface area contributed by atoms with Crippen LogP contribution in [-0.4, -0.2) is 0 Å². The van der Waals surface area contributed by atoms with Crippen LogP contribution in [0.5, 0.6) is 0 Å². The maximum absolute atomic E-state index is 6.27. The molecule has 0 saturated carbocycles. The van der Waals surface area contributed by atoms with Crippen LogP contribution in [0.15, 0.2) is 192 Å². The zero-order chi connectivity index (χ0) is 36.7. The van der Waals surface area contributed by atoms with Gasteiger partial charge in [-0.25, -0.2) is 0 Å². The van der Waals surface area contributed by atoms with Gasteiger partial charge >= 0.3 is 0 Å². The van der Waals surface area contributed by atoms with Gasteiger partial charge in [-0.05, 0) is 133 Å². The van der Waals surface area contributed by atoms with Crippen LogP contribution in [-0.2, 0) is 5.41 Å². The van der Waals surface area contributed by atoms with Gasteiger partial charge in [-0.2, -0.15) is 0 Å². The Bertz CT molecular complexity index is 3130. The number of hydrogen-bond donors (Lipinski definition) is 0. The maximum atomic E-state index is 6.27. The number of hydrogen-bond acceptors (Lipinski definition) is 2. The molecule has 10 aromatic rings. The molecule has 0 aliphatic heterocycles. The lowest BCUT2D eigenvalue weighted by Gasteiger charge is -2.28. The van der Waals surface area contributed by atoms with Gasteiger partial charge in [0.05, 0.1) is 0 Å². The Kier molecular flexibility index (Phi) is 6.93. The van der Waals surface area contributed by atoms with E-state index >= 15 is 0 Å². The van der Waals surface area contributed by atoms with Gasteiger partial charge in [-0.1, -0.05) is 135 Å². The number of anilines is 3. The molecule has 1 aliphatic rings. The standard InChI is InChI=1S/C53H37NO/c1-53(2)49-14-8-6-12-45(49)46-26-24-44(33-50(46)53)54(43-25-27-52-48(32-43)47-13-7-9-15-51(47)55-52)42-23-22-35-16-17-40(30-41(35)31-42)39-21-20-37-28-36(18-19-38(37)29-39)34-10-4-3-5-11-34/h3-33H,1-2H3. The summed E-state index contributed by atoms with van der Waals surface area (Å²) in [6.45, 7) is 4.70. The fourth-order valence-corrected chi connectivity index (χ4v) is 8.92. The molecule has 0 atom stereocenters. The van der Waals surface area contributed by atoms with Crippen LogP contribution in [0.3, 0.4) is 0 Å². The van der Waals surface area contributed by atoms with E-state index in [0.717, 1.165) is 39.0 Å². The minimum atomic E-state index is -0.112. The molecular formula is C53H37NO. The molecule has 1 aromatic heterocycles. The normalized spacial score (nSPS) is 13.1. The summed E-state index contributed by atoms with van der Waals surface area (Å²) in [7, 11) is 0. The van der Waals surface area contributed by atoms with Gasteiger partial charge in [0, 0.05) is 33.2 Å². The molecule has 0 bridgehead atoms. The lowest BCUT2D eigenvalue weighted by Crippen LogP contribution is -2.16. The summed E-state index contributed by atoms with van der Waals surface area (Å²) in [4.78, 5) is 2.41. The van der Waals surface area contributed by atoms with E-state index in [2.05, 4.69) is 195 Å². The lowest BCUT2D eigenvalue weighted by atomic mass is 9.82. The van der Waals surface area contributed by atoms with Crippen molar-refractivity contribution in [3.63, 3.8) is 0 Å². The van der Waals surface area contributed by atoms with E-state index in [0.29, 0.717) is 0 Å². The van der Waals surface area contributed by atoms with Gasteiger partial charge in [0.15, 0.2) is 0 Å². The molecule has 2 heteroatoms. The van der Waals surface area contributed by atoms with Crippen LogP contribution in [0, 0.1) is 0 Å². The van der Waals surface area contributed by atoms with Gasteiger partial charge in [-0.3, -0.25) is 0 Å². The van der Waals surface area contributed by atoms with Crippen molar-refractivity contribution >= 4 is 60.5 Å². The molecule has 260 valence electrons. The van der Waals surface area contributed by atoms with Crippen molar-refractivity contribution in [1.29, 1.82) is 0 Å². The molecule has 0 spiro atoms. The summed E-state index contributed by atoms with van der Waals surface area (Å²) in [6.07, 6.45) is 0. The summed E-state index contributed by atoms with van der Waals surface area (Å²) in [6, 6.07) is 68.6. The Balaban J connectivity index is 1.04. The minimum Gasteiger partial charge on any atom is -0.456 e. The number of fused-ring (bicyclic) bond motifs is 8. The van der Waals surface area contributed by atoms with E-state index in [4.69, 9.17) is 4.42 Å². The van der Waals surface area contributed by atoms with Crippen molar-refractivity contribution in [3.8, 4) is 33.4 Å². The summed E-state index contributed by atoms with van der Waals surface area (Å²) in [5, 5.41) is 7.13. The van der Waals surface area contributed by atoms with Crippen LogP contribution in [0.4, 0.5) is 17.1 Å². The van der Waals surface area contributed by atoms with Gasteiger partial charge in [0.25, 0.3) is 0 Å². The van der Waals surface area contributed by atoms with E-state index in [1.165, 1.54) is 66.1 Å². The molecule has 9 aromatic carbocycles. The third-order valence-electron chi connectivity index (χ3n) is 11.8. The molecule has 0 amide bonds.